The molecule has 5 rings (SSSR count). The maximum Gasteiger partial charge on any atom is 0.323 e. The van der Waals surface area contributed by atoms with Crippen molar-refractivity contribution in [2.45, 2.75) is 58.2 Å². The molecule has 0 radical (unpaired) electrons. The maximum atomic E-state index is 13.7. The molecule has 3 heterocycles. The van der Waals surface area contributed by atoms with Gasteiger partial charge in [0.15, 0.2) is 0 Å². The Morgan fingerprint density at radius 2 is 1.84 bits per heavy atom. The minimum atomic E-state index is -0.364. The van der Waals surface area contributed by atoms with E-state index in [-0.39, 0.29) is 30.1 Å². The van der Waals surface area contributed by atoms with Crippen LogP contribution in [0.5, 0.6) is 0 Å². The first-order chi connectivity index (χ1) is 21.7. The van der Waals surface area contributed by atoms with Crippen LogP contribution >= 0.6 is 0 Å². The van der Waals surface area contributed by atoms with E-state index in [0.29, 0.717) is 36.2 Å². The van der Waals surface area contributed by atoms with Crippen LogP contribution in [0.3, 0.4) is 0 Å². The third kappa shape index (κ3) is 8.13. The number of rotatable bonds is 11. The van der Waals surface area contributed by atoms with Gasteiger partial charge in [-0.2, -0.15) is 15.3 Å². The first-order valence-corrected chi connectivity index (χ1v) is 15.2. The predicted molar refractivity (Wildman–Crippen MR) is 173 cm³/mol. The van der Waals surface area contributed by atoms with Crippen LogP contribution in [0.25, 0.3) is 11.1 Å². The molecule has 0 spiro atoms. The van der Waals surface area contributed by atoms with Crippen LogP contribution in [0.15, 0.2) is 67.3 Å². The normalized spacial score (nSPS) is 16.4. The molecule has 0 unspecified atom stereocenters. The number of aryl methyl sites for hydroxylation is 1. The second-order valence-corrected chi connectivity index (χ2v) is 12.2. The van der Waals surface area contributed by atoms with Gasteiger partial charge < -0.3 is 21.1 Å². The number of nitrogens with one attached hydrogen (secondary N) is 3. The van der Waals surface area contributed by atoms with Gasteiger partial charge in [0, 0.05) is 67.8 Å². The zero-order valence-corrected chi connectivity index (χ0v) is 25.9. The number of nitriles is 1. The molecule has 12 heteroatoms. The fraction of sp³-hybridized carbons (Fsp3) is 0.394. The van der Waals surface area contributed by atoms with Gasteiger partial charge in [-0.05, 0) is 43.4 Å². The Bertz CT molecular complexity index is 1610. The van der Waals surface area contributed by atoms with Crippen molar-refractivity contribution in [1.82, 2.24) is 30.0 Å². The van der Waals surface area contributed by atoms with Crippen LogP contribution in [-0.2, 0) is 13.6 Å². The van der Waals surface area contributed by atoms with E-state index in [9.17, 15) is 15.2 Å². The van der Waals surface area contributed by atoms with Crippen molar-refractivity contribution in [3.05, 3.63) is 78.4 Å². The summed E-state index contributed by atoms with van der Waals surface area (Å²) in [4.78, 5) is 29.1. The highest BCUT2D eigenvalue weighted by Gasteiger charge is 2.31. The van der Waals surface area contributed by atoms with Gasteiger partial charge >= 0.3 is 6.03 Å². The highest BCUT2D eigenvalue weighted by atomic mass is 16.3. The molecule has 1 aliphatic carbocycles. The van der Waals surface area contributed by atoms with Crippen LogP contribution in [0.1, 0.15) is 50.7 Å². The lowest BCUT2D eigenvalue weighted by atomic mass is 9.90. The standard InChI is InChI=1S/C33H40N10O2/c1-33(2,22-44)21-38-30-25(15-34)18-36-31(41-30)40-27-10-12-28(13-11-27)43(32(45)37-16-23-7-5-4-6-8-23)29-14-9-24(17-35-29)26-19-39-42(3)20-26/h4-9,14,17-20,27-28,44H,10-13,16,21-22H2,1-3H3,(H,37,45)(H2,36,38,40,41). The third-order valence-electron chi connectivity index (χ3n) is 8.00. The molecule has 2 amide bonds. The molecule has 234 valence electrons. The summed E-state index contributed by atoms with van der Waals surface area (Å²) in [6, 6.07) is 15.7. The summed E-state index contributed by atoms with van der Waals surface area (Å²) in [5.74, 6) is 1.47. The fourth-order valence-electron chi connectivity index (χ4n) is 5.29. The maximum absolute atomic E-state index is 13.7. The Morgan fingerprint density at radius 3 is 2.49 bits per heavy atom. The van der Waals surface area contributed by atoms with Gasteiger partial charge in [-0.3, -0.25) is 9.58 Å². The van der Waals surface area contributed by atoms with Gasteiger partial charge in [0.25, 0.3) is 0 Å². The number of carbonyl (C=O) groups is 1. The quantitative estimate of drug-likeness (QED) is 0.189. The first kappa shape index (κ1) is 31.4. The number of nitrogens with zero attached hydrogens (tertiary/aromatic N) is 7. The molecule has 3 aromatic heterocycles. The number of amides is 2. The van der Waals surface area contributed by atoms with Crippen molar-refractivity contribution >= 4 is 23.6 Å². The number of carbonyl (C=O) groups excluding carboxylic acids is 1. The summed E-state index contributed by atoms with van der Waals surface area (Å²) < 4.78 is 1.75. The van der Waals surface area contributed by atoms with Crippen molar-refractivity contribution in [1.29, 1.82) is 5.26 Å². The summed E-state index contributed by atoms with van der Waals surface area (Å²) in [7, 11) is 1.87. The van der Waals surface area contributed by atoms with Crippen LogP contribution in [0.4, 0.5) is 22.4 Å². The lowest BCUT2D eigenvalue weighted by Crippen LogP contribution is -2.49. The van der Waals surface area contributed by atoms with Crippen LogP contribution in [0.2, 0.25) is 0 Å². The number of aliphatic hydroxyl groups excluding tert-OH is 1. The van der Waals surface area contributed by atoms with Crippen LogP contribution in [-0.4, -0.2) is 61.1 Å². The number of aromatic nitrogens is 5. The van der Waals surface area contributed by atoms with Crippen molar-refractivity contribution in [2.24, 2.45) is 12.5 Å². The summed E-state index contributed by atoms with van der Waals surface area (Å²) in [6.45, 7) is 4.75. The average Bonchev–Trinajstić information content (AvgIpc) is 3.51. The molecule has 0 bridgehead atoms. The number of pyridine rings is 1. The molecule has 4 aromatic rings. The Labute approximate surface area is 263 Å². The largest absolute Gasteiger partial charge is 0.396 e. The number of hydrogen-bond donors (Lipinski definition) is 4. The molecule has 12 nitrogen and oxygen atoms in total. The van der Waals surface area contributed by atoms with Gasteiger partial charge in [-0.25, -0.2) is 14.8 Å². The summed E-state index contributed by atoms with van der Waals surface area (Å²) in [5.41, 5.74) is 2.90. The molecule has 1 fully saturated rings. The Hall–Kier alpha value is -5.02. The van der Waals surface area contributed by atoms with Gasteiger partial charge in [0.1, 0.15) is 23.3 Å². The lowest BCUT2D eigenvalue weighted by Gasteiger charge is -2.36. The summed E-state index contributed by atoms with van der Waals surface area (Å²) in [5, 5.41) is 33.1. The first-order valence-electron chi connectivity index (χ1n) is 15.2. The van der Waals surface area contributed by atoms with E-state index in [1.54, 1.807) is 22.0 Å². The van der Waals surface area contributed by atoms with E-state index in [1.807, 2.05) is 69.6 Å². The van der Waals surface area contributed by atoms with E-state index in [4.69, 9.17) is 4.98 Å². The van der Waals surface area contributed by atoms with E-state index in [2.05, 4.69) is 37.1 Å². The summed E-state index contributed by atoms with van der Waals surface area (Å²) in [6.07, 6.45) is 10.1. The monoisotopic (exact) mass is 608 g/mol. The summed E-state index contributed by atoms with van der Waals surface area (Å²) >= 11 is 0. The Balaban J connectivity index is 1.27. The molecule has 1 aromatic carbocycles. The topological polar surface area (TPSA) is 157 Å². The zero-order valence-electron chi connectivity index (χ0n) is 25.9. The average molecular weight is 609 g/mol. The molecule has 4 N–H and O–H groups in total. The van der Waals surface area contributed by atoms with Crippen molar-refractivity contribution in [3.63, 3.8) is 0 Å². The molecular formula is C33H40N10O2. The Morgan fingerprint density at radius 1 is 1.07 bits per heavy atom. The van der Waals surface area contributed by atoms with E-state index in [0.717, 1.165) is 42.4 Å². The lowest BCUT2D eigenvalue weighted by molar-refractivity contribution is 0.170. The van der Waals surface area contributed by atoms with Crippen LogP contribution in [0, 0.1) is 16.7 Å². The zero-order chi connectivity index (χ0) is 31.8. The molecule has 1 saturated carbocycles. The minimum absolute atomic E-state index is 0.00673. The van der Waals surface area contributed by atoms with Gasteiger partial charge in [0.05, 0.1) is 12.4 Å². The number of benzene rings is 1. The minimum Gasteiger partial charge on any atom is -0.396 e. The molecule has 0 saturated heterocycles. The van der Waals surface area contributed by atoms with E-state index >= 15 is 0 Å². The van der Waals surface area contributed by atoms with Gasteiger partial charge in [0.2, 0.25) is 5.95 Å². The number of anilines is 3. The molecule has 45 heavy (non-hydrogen) atoms. The third-order valence-corrected chi connectivity index (χ3v) is 8.00. The Kier molecular flexibility index (Phi) is 9.89. The molecule has 1 aliphatic rings. The molecule has 0 aliphatic heterocycles. The van der Waals surface area contributed by atoms with Gasteiger partial charge in [-0.15, -0.1) is 0 Å². The second kappa shape index (κ2) is 14.2. The van der Waals surface area contributed by atoms with Crippen molar-refractivity contribution < 1.29 is 9.90 Å². The molecular weight excluding hydrogens is 568 g/mol. The number of urea groups is 1. The number of aliphatic hydroxyl groups is 1. The van der Waals surface area contributed by atoms with Crippen molar-refractivity contribution in [2.75, 3.05) is 28.7 Å². The van der Waals surface area contributed by atoms with E-state index in [1.165, 1.54) is 6.20 Å². The van der Waals surface area contributed by atoms with E-state index < -0.39 is 0 Å². The van der Waals surface area contributed by atoms with Crippen LogP contribution < -0.4 is 20.9 Å². The fourth-order valence-corrected chi connectivity index (χ4v) is 5.29. The predicted octanol–water partition coefficient (Wildman–Crippen LogP) is 4.71. The SMILES string of the molecule is Cn1cc(-c2ccc(N(C(=O)NCc3ccccc3)C3CCC(Nc4ncc(C#N)c(NCC(C)(C)CO)n4)CC3)nc2)cn1. The van der Waals surface area contributed by atoms with Crippen molar-refractivity contribution in [3.8, 4) is 17.2 Å². The molecule has 0 atom stereocenters. The number of hydrogen-bond acceptors (Lipinski definition) is 9. The highest BCUT2D eigenvalue weighted by molar-refractivity contribution is 5.91. The smallest absolute Gasteiger partial charge is 0.323 e. The second-order valence-electron chi connectivity index (χ2n) is 12.2. The van der Waals surface area contributed by atoms with Gasteiger partial charge in [-0.1, -0.05) is 44.2 Å². The highest BCUT2D eigenvalue weighted by Crippen LogP contribution is 2.30.